The summed E-state index contributed by atoms with van der Waals surface area (Å²) < 4.78 is 0. The van der Waals surface area contributed by atoms with E-state index < -0.39 is 169 Å². The lowest BCUT2D eigenvalue weighted by Crippen LogP contribution is -2.61. The zero-order chi connectivity index (χ0) is 68.9. The van der Waals surface area contributed by atoms with Crippen LogP contribution >= 0.6 is 45.1 Å². The van der Waals surface area contributed by atoms with Crippen LogP contribution in [0.2, 0.25) is 0 Å². The smallest absolute Gasteiger partial charge is 0.305 e. The average molecular weight is 1380 g/mol. The van der Waals surface area contributed by atoms with E-state index in [1.54, 1.807) is 12.5 Å². The van der Waals surface area contributed by atoms with Crippen molar-refractivity contribution in [3.05, 3.63) is 29.8 Å². The topological polar surface area (TPSA) is 579 Å². The van der Waals surface area contributed by atoms with E-state index in [2.05, 4.69) is 68.5 Å². The van der Waals surface area contributed by atoms with Gasteiger partial charge < -0.3 is 108 Å². The number of nitrogens with one attached hydrogen (secondary N) is 11. The Morgan fingerprint density at radius 3 is 1.95 bits per heavy atom. The molecule has 35 nitrogen and oxygen atoms in total. The minimum atomic E-state index is -1.87. The van der Waals surface area contributed by atoms with E-state index in [9.17, 15) is 72.5 Å². The van der Waals surface area contributed by atoms with Crippen LogP contribution in [0.25, 0.3) is 0 Å². The monoisotopic (exact) mass is 1380 g/mol. The lowest BCUT2D eigenvalue weighted by molar-refractivity contribution is -0.146. The number of aliphatic imine (C=N–C) groups is 2. The summed E-state index contributed by atoms with van der Waals surface area (Å²) in [7, 11) is 1.81. The zero-order valence-electron chi connectivity index (χ0n) is 51.6. The number of amides is 12. The maximum atomic E-state index is 14.7. The maximum absolute atomic E-state index is 14.7. The number of benzene rings is 1. The molecule has 0 aromatic heterocycles. The number of thioether (sulfide) groups is 2. The molecule has 3 heterocycles. The molecule has 0 bridgehead atoms. The van der Waals surface area contributed by atoms with Crippen LogP contribution in [0.5, 0.6) is 0 Å². The quantitative estimate of drug-likeness (QED) is 0.0160. The van der Waals surface area contributed by atoms with Crippen LogP contribution in [-0.4, -0.2) is 245 Å². The number of guanidine groups is 2. The predicted molar refractivity (Wildman–Crippen MR) is 351 cm³/mol. The number of carboxylic acids is 1. The molecule has 1 aromatic rings. The number of hydrogen-bond acceptors (Lipinski definition) is 22. The number of fused-ring (bicyclic) bond motifs is 2. The van der Waals surface area contributed by atoms with Crippen LogP contribution in [0.1, 0.15) is 63.9 Å². The molecule has 0 spiro atoms. The molecule has 3 aliphatic rings. The number of anilines is 1. The fourth-order valence-electron chi connectivity index (χ4n) is 9.79. The van der Waals surface area contributed by atoms with Gasteiger partial charge in [0.25, 0.3) is 0 Å². The second-order valence-electron chi connectivity index (χ2n) is 21.7. The Hall–Kier alpha value is -8.01. The zero-order valence-corrected chi connectivity index (χ0v) is 54.9. The Bertz CT molecular complexity index is 2870. The van der Waals surface area contributed by atoms with Gasteiger partial charge in [-0.15, -0.1) is 0 Å². The minimum Gasteiger partial charge on any atom is -0.481 e. The lowest BCUT2D eigenvalue weighted by atomic mass is 10.0. The Labute approximate surface area is 552 Å². The molecule has 0 radical (unpaired) electrons. The molecule has 2 unspecified atom stereocenters. The van der Waals surface area contributed by atoms with Gasteiger partial charge in [-0.2, -0.15) is 23.5 Å². The van der Waals surface area contributed by atoms with Crippen LogP contribution < -0.4 is 92.9 Å². The summed E-state index contributed by atoms with van der Waals surface area (Å²) >= 11 is 2.32. The summed E-state index contributed by atoms with van der Waals surface area (Å²) in [5.74, 6) is -13.9. The van der Waals surface area contributed by atoms with Crippen LogP contribution in [-0.2, 0) is 68.7 Å². The van der Waals surface area contributed by atoms with E-state index in [4.69, 9.17) is 34.4 Å². The molecule has 0 saturated carbocycles. The van der Waals surface area contributed by atoms with Gasteiger partial charge in [0.05, 0.1) is 19.6 Å². The van der Waals surface area contributed by atoms with Crippen molar-refractivity contribution in [1.29, 1.82) is 0 Å². The molecule has 2 saturated heterocycles. The number of para-hydroxylation sites is 1. The average Bonchev–Trinajstić information content (AvgIpc) is 1.81. The van der Waals surface area contributed by atoms with E-state index in [-0.39, 0.29) is 99.5 Å². The Morgan fingerprint density at radius 2 is 1.31 bits per heavy atom. The molecule has 25 N–H and O–H groups in total. The van der Waals surface area contributed by atoms with Crippen molar-refractivity contribution >= 4 is 140 Å². The summed E-state index contributed by atoms with van der Waals surface area (Å²) in [4.78, 5) is 188. The van der Waals surface area contributed by atoms with Crippen molar-refractivity contribution in [2.24, 2.45) is 44.4 Å². The molecule has 39 heteroatoms. The number of rotatable bonds is 28. The van der Waals surface area contributed by atoms with Crippen molar-refractivity contribution in [1.82, 2.24) is 58.1 Å². The fourth-order valence-corrected chi connectivity index (χ4v) is 13.3. The number of hydrogen-bond donors (Lipinski definition) is 19. The number of carbonyl (C=O) groups is 13. The first-order valence-electron chi connectivity index (χ1n) is 29.5. The maximum Gasteiger partial charge on any atom is 0.305 e. The van der Waals surface area contributed by atoms with Gasteiger partial charge in [-0.1, -0.05) is 39.8 Å². The minimum absolute atomic E-state index is 0.00320. The first kappa shape index (κ1) is 77.4. The Balaban J connectivity index is 1.75. The Kier molecular flexibility index (Phi) is 32.9. The highest BCUT2D eigenvalue weighted by atomic mass is 33.1. The van der Waals surface area contributed by atoms with Crippen molar-refractivity contribution in [2.75, 3.05) is 73.6 Å². The number of nitrogens with two attached hydrogens (primary N) is 6. The van der Waals surface area contributed by atoms with Crippen LogP contribution in [0.3, 0.4) is 0 Å². The fraction of sp³-hybridized carbons (Fsp3) is 0.611. The van der Waals surface area contributed by atoms with Gasteiger partial charge >= 0.3 is 5.97 Å². The third-order valence-corrected chi connectivity index (χ3v) is 18.3. The van der Waals surface area contributed by atoms with Gasteiger partial charge in [0.2, 0.25) is 70.9 Å². The molecule has 1 aromatic carbocycles. The number of carbonyl (C=O) groups excluding carboxylic acids is 12. The number of aliphatic hydroxyl groups is 1. The summed E-state index contributed by atoms with van der Waals surface area (Å²) in [5.41, 5.74) is 35.0. The van der Waals surface area contributed by atoms with Crippen molar-refractivity contribution < 1.29 is 72.5 Å². The van der Waals surface area contributed by atoms with E-state index in [0.717, 1.165) is 49.5 Å². The first-order valence-corrected chi connectivity index (χ1v) is 34.8. The lowest BCUT2D eigenvalue weighted by Gasteiger charge is -2.30. The van der Waals surface area contributed by atoms with Gasteiger partial charge in [0.1, 0.15) is 66.5 Å². The Morgan fingerprint density at radius 1 is 0.710 bits per heavy atom. The van der Waals surface area contributed by atoms with Gasteiger partial charge in [-0.05, 0) is 82.4 Å². The highest BCUT2D eigenvalue weighted by Crippen LogP contribution is 2.28. The van der Waals surface area contributed by atoms with E-state index >= 15 is 0 Å². The summed E-state index contributed by atoms with van der Waals surface area (Å²) in [6.07, 6.45) is 2.78. The van der Waals surface area contributed by atoms with E-state index in [0.29, 0.717) is 6.42 Å². The number of aliphatic hydroxyl groups excluding tert-OH is 1. The molecule has 12 atom stereocenters. The molecule has 12 amide bonds. The van der Waals surface area contributed by atoms with Crippen molar-refractivity contribution in [2.45, 2.75) is 137 Å². The van der Waals surface area contributed by atoms with E-state index in [1.807, 2.05) is 24.3 Å². The second kappa shape index (κ2) is 39.5. The molecular weight excluding hydrogens is 1300 g/mol. The normalized spacial score (nSPS) is 22.9. The van der Waals surface area contributed by atoms with Gasteiger partial charge in [0, 0.05) is 54.4 Å². The summed E-state index contributed by atoms with van der Waals surface area (Å²) in [5, 5.41) is 48.8. The number of nitrogens with zero attached hydrogens (tertiary/aromatic N) is 3. The predicted octanol–water partition coefficient (Wildman–Crippen LogP) is -7.59. The molecule has 3 aliphatic heterocycles. The largest absolute Gasteiger partial charge is 0.481 e. The molecule has 516 valence electrons. The molecular formula is C54H86N20O15S4. The van der Waals surface area contributed by atoms with Crippen LogP contribution in [0, 0.1) is 0 Å². The van der Waals surface area contributed by atoms with Crippen molar-refractivity contribution in [3.8, 4) is 0 Å². The number of carboxylic acid groups (broad SMARTS) is 1. The third-order valence-electron chi connectivity index (χ3n) is 14.5. The van der Waals surface area contributed by atoms with Crippen molar-refractivity contribution in [3.63, 3.8) is 0 Å². The number of aliphatic carboxylic acids is 1. The summed E-state index contributed by atoms with van der Waals surface area (Å²) in [6, 6.07) is -9.46. The van der Waals surface area contributed by atoms with Gasteiger partial charge in [-0.3, -0.25) is 72.3 Å². The molecule has 4 rings (SSSR count). The van der Waals surface area contributed by atoms with Gasteiger partial charge in [0.15, 0.2) is 11.9 Å². The highest BCUT2D eigenvalue weighted by molar-refractivity contribution is 8.76. The molecule has 93 heavy (non-hydrogen) atoms. The van der Waals surface area contributed by atoms with Crippen LogP contribution in [0.4, 0.5) is 5.69 Å². The third kappa shape index (κ3) is 25.8. The SMILES string of the molecule is CSC[C@H](NC(=O)[C@H](CCCN=C(N)N)NC(=O)[C@H](CC1Cc2ccccc2N1)NC(=O)[C@H](C)NC(=O)[C@@H]1CSSC[C@H](NC(=O)CN)C(=O)N[C@@H](CSC)C(=O)N[C@@H](CO)C(=O)N[C@@H](CC(=O)O)C(=O)N2CCCC2C(=O)N[C@@H](CCCN=C(N)N)C(=O)N1)C(N)=O. The number of primary amides is 1. The summed E-state index contributed by atoms with van der Waals surface area (Å²) in [6.45, 7) is -0.474. The highest BCUT2D eigenvalue weighted by Gasteiger charge is 2.42. The van der Waals surface area contributed by atoms with Crippen LogP contribution in [0.15, 0.2) is 34.3 Å². The molecule has 2 fully saturated rings. The standard InChI is InChI=1S/C54H86N20O15S4/c1-26(43(80)68-32(18-28-17-27-9-4-5-10-29(27)64-28)46(83)66-30(11-6-14-61-53(57)58)44(81)71-35(22-90-2)42(56)79)63-48(85)38-25-93-92-24-37(65-40(76)20-55)50(87)72-36(23-91-3)49(86)70-34(21-75)47(84)69-33(19-41(77)78)52(89)74-16-8-13-39(74)51(88)67-31(45(82)73-38)12-7-15-62-54(59)60/h4-5,9-10,26,28,30-39,64,75H,6-8,11-25,55H2,1-3H3,(H2,56,79)(H,63,85)(H,65,76)(H,66,83)(H,67,88)(H,68,80)(H,69,84)(H,70,86)(H,71,81)(H,72,87)(H,73,82)(H,77,78)(H4,57,58,61)(H4,59,60,62)/t26-,28?,30-,31-,32-,33-,34-,35-,36-,37-,38-,39?/m0/s1. The second-order valence-corrected chi connectivity index (χ2v) is 26.1. The molecule has 0 aliphatic carbocycles. The first-order chi connectivity index (χ1) is 44.2. The van der Waals surface area contributed by atoms with E-state index in [1.165, 1.54) is 18.7 Å². The van der Waals surface area contributed by atoms with Gasteiger partial charge in [-0.25, -0.2) is 0 Å².